The first-order valence-electron chi connectivity index (χ1n) is 11.0. The van der Waals surface area contributed by atoms with Crippen LogP contribution in [0.2, 0.25) is 0 Å². The largest absolute Gasteiger partial charge is 0.466 e. The van der Waals surface area contributed by atoms with E-state index >= 15 is 0 Å². The molecular formula is C25H27N5O5S. The molecule has 0 spiro atoms. The fraction of sp³-hybridized carbons (Fsp3) is 0.160. The molecular weight excluding hydrogens is 482 g/mol. The van der Waals surface area contributed by atoms with E-state index in [4.69, 9.17) is 15.9 Å². The first kappa shape index (κ1) is 26.4. The minimum Gasteiger partial charge on any atom is -0.466 e. The number of ether oxygens (including phenoxy) is 1. The van der Waals surface area contributed by atoms with Crippen molar-refractivity contribution in [3.8, 4) is 0 Å². The highest BCUT2D eigenvalue weighted by Gasteiger charge is 2.24. The normalized spacial score (nSPS) is 11.8. The van der Waals surface area contributed by atoms with E-state index in [0.29, 0.717) is 22.5 Å². The van der Waals surface area contributed by atoms with Gasteiger partial charge in [0.1, 0.15) is 0 Å². The van der Waals surface area contributed by atoms with Gasteiger partial charge in [0.15, 0.2) is 5.96 Å². The Morgan fingerprint density at radius 1 is 0.944 bits per heavy atom. The van der Waals surface area contributed by atoms with Crippen molar-refractivity contribution in [1.82, 2.24) is 4.72 Å². The number of amides is 1. The lowest BCUT2D eigenvalue weighted by molar-refractivity contribution is -0.143. The van der Waals surface area contributed by atoms with Crippen molar-refractivity contribution < 1.29 is 22.7 Å². The van der Waals surface area contributed by atoms with E-state index in [1.807, 2.05) is 0 Å². The molecule has 0 aliphatic rings. The van der Waals surface area contributed by atoms with Gasteiger partial charge in [0, 0.05) is 16.9 Å². The van der Waals surface area contributed by atoms with E-state index in [1.165, 1.54) is 18.2 Å². The zero-order valence-electron chi connectivity index (χ0n) is 19.5. The summed E-state index contributed by atoms with van der Waals surface area (Å²) in [5.74, 6) is -1.25. The molecule has 1 atom stereocenters. The van der Waals surface area contributed by atoms with Gasteiger partial charge in [0.25, 0.3) is 5.91 Å². The van der Waals surface area contributed by atoms with Crippen LogP contribution in [0.3, 0.4) is 0 Å². The molecule has 0 saturated carbocycles. The highest BCUT2D eigenvalue weighted by Crippen LogP contribution is 2.24. The third-order valence-electron chi connectivity index (χ3n) is 4.98. The van der Waals surface area contributed by atoms with Gasteiger partial charge in [-0.2, -0.15) is 0 Å². The molecule has 0 aromatic heterocycles. The zero-order valence-corrected chi connectivity index (χ0v) is 20.3. The number of hydrogen-bond acceptors (Lipinski definition) is 6. The Labute approximate surface area is 209 Å². The van der Waals surface area contributed by atoms with Crippen LogP contribution in [0, 0.1) is 5.41 Å². The number of carbonyl (C=O) groups is 2. The zero-order chi connectivity index (χ0) is 26.1. The maximum atomic E-state index is 12.9. The van der Waals surface area contributed by atoms with Gasteiger partial charge in [-0.3, -0.25) is 15.0 Å². The molecule has 0 fully saturated rings. The van der Waals surface area contributed by atoms with Gasteiger partial charge in [0.2, 0.25) is 10.0 Å². The summed E-state index contributed by atoms with van der Waals surface area (Å²) >= 11 is 0. The van der Waals surface area contributed by atoms with Crippen molar-refractivity contribution >= 4 is 39.2 Å². The number of benzene rings is 3. The van der Waals surface area contributed by atoms with Gasteiger partial charge in [-0.05, 0) is 55.0 Å². The molecule has 3 aromatic rings. The van der Waals surface area contributed by atoms with Crippen LogP contribution in [0.15, 0.2) is 83.8 Å². The lowest BCUT2D eigenvalue weighted by Crippen LogP contribution is -2.31. The molecule has 0 aliphatic carbocycles. The molecule has 11 heteroatoms. The number of carbonyl (C=O) groups excluding carboxylic acids is 2. The molecule has 0 bridgehead atoms. The fourth-order valence-corrected chi connectivity index (χ4v) is 4.64. The predicted molar refractivity (Wildman–Crippen MR) is 137 cm³/mol. The lowest BCUT2D eigenvalue weighted by Gasteiger charge is -2.19. The Hall–Kier alpha value is -4.22. The van der Waals surface area contributed by atoms with Crippen LogP contribution < -0.4 is 21.1 Å². The number of hydrogen-bond donors (Lipinski definition) is 5. The number of nitrogens with one attached hydrogen (secondary N) is 4. The average Bonchev–Trinajstić information content (AvgIpc) is 2.84. The van der Waals surface area contributed by atoms with Crippen molar-refractivity contribution in [1.29, 1.82) is 5.41 Å². The van der Waals surface area contributed by atoms with E-state index in [-0.39, 0.29) is 23.9 Å². The average molecular weight is 510 g/mol. The van der Waals surface area contributed by atoms with Gasteiger partial charge in [-0.25, -0.2) is 13.1 Å². The van der Waals surface area contributed by atoms with Crippen LogP contribution in [0.1, 0.15) is 35.3 Å². The molecule has 36 heavy (non-hydrogen) atoms. The van der Waals surface area contributed by atoms with Crippen LogP contribution in [0.5, 0.6) is 0 Å². The summed E-state index contributed by atoms with van der Waals surface area (Å²) in [6.45, 7) is 1.82. The van der Waals surface area contributed by atoms with Gasteiger partial charge < -0.3 is 21.1 Å². The summed E-state index contributed by atoms with van der Waals surface area (Å²) in [6.07, 6.45) is -0.240. The van der Waals surface area contributed by atoms with E-state index in [0.717, 1.165) is 0 Å². The molecule has 1 unspecified atom stereocenters. The van der Waals surface area contributed by atoms with Crippen LogP contribution in [-0.4, -0.2) is 32.9 Å². The Morgan fingerprint density at radius 2 is 1.61 bits per heavy atom. The molecule has 6 N–H and O–H groups in total. The summed E-state index contributed by atoms with van der Waals surface area (Å²) in [5.41, 5.74) is 7.01. The van der Waals surface area contributed by atoms with Crippen LogP contribution in [0.4, 0.5) is 11.4 Å². The minimum atomic E-state index is -3.94. The molecule has 0 aliphatic heterocycles. The molecule has 1 amide bonds. The van der Waals surface area contributed by atoms with Crippen molar-refractivity contribution in [2.24, 2.45) is 5.73 Å². The lowest BCUT2D eigenvalue weighted by atomic mass is 10.0. The second kappa shape index (κ2) is 12.0. The van der Waals surface area contributed by atoms with E-state index in [1.54, 1.807) is 67.6 Å². The maximum Gasteiger partial charge on any atom is 0.307 e. The molecule has 188 valence electrons. The monoisotopic (exact) mass is 509 g/mol. The van der Waals surface area contributed by atoms with E-state index in [9.17, 15) is 18.0 Å². The van der Waals surface area contributed by atoms with Crippen LogP contribution in [-0.2, 0) is 19.6 Å². The van der Waals surface area contributed by atoms with Crippen molar-refractivity contribution in [2.75, 3.05) is 17.2 Å². The summed E-state index contributed by atoms with van der Waals surface area (Å²) in [7, 11) is -3.94. The Bertz CT molecular complexity index is 1350. The Morgan fingerprint density at radius 3 is 2.28 bits per heavy atom. The Balaban J connectivity index is 1.85. The first-order valence-corrected chi connectivity index (χ1v) is 12.5. The topological polar surface area (TPSA) is 163 Å². The van der Waals surface area contributed by atoms with Crippen molar-refractivity contribution in [3.63, 3.8) is 0 Å². The van der Waals surface area contributed by atoms with Crippen LogP contribution >= 0.6 is 0 Å². The molecule has 0 heterocycles. The minimum absolute atomic E-state index is 0.0577. The summed E-state index contributed by atoms with van der Waals surface area (Å²) in [6, 6.07) is 19.9. The molecule has 0 saturated heterocycles. The second-order valence-corrected chi connectivity index (χ2v) is 9.41. The maximum absolute atomic E-state index is 12.9. The van der Waals surface area contributed by atoms with Crippen molar-refractivity contribution in [3.05, 3.63) is 90.0 Å². The van der Waals surface area contributed by atoms with E-state index in [2.05, 4.69) is 15.4 Å². The van der Waals surface area contributed by atoms with E-state index < -0.39 is 27.9 Å². The highest BCUT2D eigenvalue weighted by atomic mass is 32.2. The highest BCUT2D eigenvalue weighted by molar-refractivity contribution is 7.89. The van der Waals surface area contributed by atoms with Gasteiger partial charge >= 0.3 is 5.97 Å². The number of sulfonamides is 1. The number of nitrogens with two attached hydrogens (primary N) is 1. The third kappa shape index (κ3) is 7.39. The molecule has 10 nitrogen and oxygen atoms in total. The number of anilines is 2. The summed E-state index contributed by atoms with van der Waals surface area (Å²) in [4.78, 5) is 25.1. The fourth-order valence-electron chi connectivity index (χ4n) is 3.40. The molecule has 3 rings (SSSR count). The standard InChI is InChI=1S/C25H27N5O5S/c1-2-35-23(31)16-22(30-36(33,34)21-12-4-3-5-13-21)17-8-6-10-19(14-17)28-24(32)18-9-7-11-20(15-18)29-25(26)27/h3-15,22,30H,2,16H2,1H3,(H,28,32)(H4,26,27,29). The smallest absolute Gasteiger partial charge is 0.307 e. The first-order chi connectivity index (χ1) is 17.2. The quantitative estimate of drug-likeness (QED) is 0.159. The van der Waals surface area contributed by atoms with Gasteiger partial charge in [0.05, 0.1) is 24.0 Å². The number of esters is 1. The number of rotatable bonds is 10. The summed E-state index contributed by atoms with van der Waals surface area (Å²) < 4.78 is 33.5. The van der Waals surface area contributed by atoms with Crippen LogP contribution in [0.25, 0.3) is 0 Å². The molecule has 0 radical (unpaired) electrons. The number of guanidine groups is 1. The Kier molecular flexibility index (Phi) is 8.76. The summed E-state index contributed by atoms with van der Waals surface area (Å²) in [5, 5.41) is 12.7. The van der Waals surface area contributed by atoms with Gasteiger partial charge in [-0.1, -0.05) is 36.4 Å². The third-order valence-corrected chi connectivity index (χ3v) is 6.47. The second-order valence-electron chi connectivity index (χ2n) is 7.70. The molecule has 3 aromatic carbocycles. The van der Waals surface area contributed by atoms with Gasteiger partial charge in [-0.15, -0.1) is 0 Å². The predicted octanol–water partition coefficient (Wildman–Crippen LogP) is 3.22. The SMILES string of the molecule is CCOC(=O)CC(NS(=O)(=O)c1ccccc1)c1cccc(NC(=O)c2cccc(NC(=N)N)c2)c1. The van der Waals surface area contributed by atoms with Crippen molar-refractivity contribution in [2.45, 2.75) is 24.3 Å².